The Balaban J connectivity index is 1.41. The maximum Gasteiger partial charge on any atom is 0.0998 e. The zero-order valence-electron chi connectivity index (χ0n) is 29.1. The first-order chi connectivity index (χ1) is 26.7. The summed E-state index contributed by atoms with van der Waals surface area (Å²) in [6.45, 7) is 0. The lowest BCUT2D eigenvalue weighted by Crippen LogP contribution is -2.01. The number of nitriles is 2. The van der Waals surface area contributed by atoms with Gasteiger partial charge in [-0.15, -0.1) is 0 Å². The second-order valence-electron chi connectivity index (χ2n) is 13.5. The minimum absolute atomic E-state index is 0.459. The van der Waals surface area contributed by atoms with Gasteiger partial charge in [-0.3, -0.25) is 0 Å². The topological polar surface area (TPSA) is 57.4 Å². The third kappa shape index (κ3) is 4.76. The summed E-state index contributed by atoms with van der Waals surface area (Å²) < 4.78 is 4.83. The summed E-state index contributed by atoms with van der Waals surface area (Å²) in [5.74, 6) is 0. The molecule has 0 N–H and O–H groups in total. The van der Waals surface area contributed by atoms with Crippen LogP contribution in [0.25, 0.3) is 88.4 Å². The van der Waals surface area contributed by atoms with Gasteiger partial charge in [0.15, 0.2) is 0 Å². The largest absolute Gasteiger partial charge is 0.309 e. The van der Waals surface area contributed by atoms with Crippen molar-refractivity contribution in [1.29, 1.82) is 10.5 Å². The third-order valence-corrected chi connectivity index (χ3v) is 10.6. The summed E-state index contributed by atoms with van der Waals surface area (Å²) in [6, 6.07) is 67.9. The molecule has 0 unspecified atom stereocenters. The van der Waals surface area contributed by atoms with Crippen LogP contribution in [-0.2, 0) is 0 Å². The minimum Gasteiger partial charge on any atom is -0.309 e. The van der Waals surface area contributed by atoms with Gasteiger partial charge in [-0.25, -0.2) is 0 Å². The molecule has 0 saturated heterocycles. The Kier molecular flexibility index (Phi) is 7.22. The molecule has 54 heavy (non-hydrogen) atoms. The SMILES string of the molecule is N#Cc1ccc(-c2cc(-c3ccccc3)c(-n3c4ccccc4c4ccc5c(c6ccccc6n5-c5ccccc5)c43)cc2-c2ccccc2)c(C#N)c1. The molecule has 10 rings (SSSR count). The number of nitrogens with zero attached hydrogens (tertiary/aromatic N) is 4. The quantitative estimate of drug-likeness (QED) is 0.181. The van der Waals surface area contributed by atoms with E-state index in [1.165, 1.54) is 21.5 Å². The second kappa shape index (κ2) is 12.5. The molecule has 0 radical (unpaired) electrons. The van der Waals surface area contributed by atoms with E-state index >= 15 is 0 Å². The van der Waals surface area contributed by atoms with Crippen LogP contribution in [0.5, 0.6) is 0 Å². The zero-order valence-corrected chi connectivity index (χ0v) is 29.1. The van der Waals surface area contributed by atoms with E-state index < -0.39 is 0 Å². The molecule has 0 fully saturated rings. The average Bonchev–Trinajstić information content (AvgIpc) is 3.77. The summed E-state index contributed by atoms with van der Waals surface area (Å²) >= 11 is 0. The van der Waals surface area contributed by atoms with Gasteiger partial charge in [0.1, 0.15) is 0 Å². The molecule has 0 aliphatic rings. The number of hydrogen-bond acceptors (Lipinski definition) is 2. The van der Waals surface area contributed by atoms with Gasteiger partial charge in [0.05, 0.1) is 51.0 Å². The Morgan fingerprint density at radius 3 is 1.69 bits per heavy atom. The standard InChI is InChI=1S/C50H30N4/c51-31-33-24-25-38(36(28-33)32-52)44-29-43(35-16-6-2-7-17-35)48(30-42(44)34-14-4-1-5-15-34)54-45-22-12-10-20-39(45)40-26-27-47-49(50(40)54)41-21-11-13-23-46(41)53(47)37-18-8-3-9-19-37/h1-30H. The summed E-state index contributed by atoms with van der Waals surface area (Å²) in [5.41, 5.74) is 13.4. The Morgan fingerprint density at radius 1 is 0.389 bits per heavy atom. The summed E-state index contributed by atoms with van der Waals surface area (Å²) in [5, 5.41) is 24.8. The lowest BCUT2D eigenvalue weighted by atomic mass is 9.87. The molecule has 0 spiro atoms. The zero-order chi connectivity index (χ0) is 36.2. The Labute approximate surface area is 312 Å². The van der Waals surface area contributed by atoms with Crippen LogP contribution in [0.15, 0.2) is 182 Å². The monoisotopic (exact) mass is 686 g/mol. The predicted molar refractivity (Wildman–Crippen MR) is 221 cm³/mol. The molecule has 250 valence electrons. The van der Waals surface area contributed by atoms with Gasteiger partial charge in [0.25, 0.3) is 0 Å². The van der Waals surface area contributed by atoms with E-state index in [4.69, 9.17) is 0 Å². The average molecular weight is 687 g/mol. The first kappa shape index (κ1) is 31.1. The highest BCUT2D eigenvalue weighted by Gasteiger charge is 2.24. The van der Waals surface area contributed by atoms with Crippen LogP contribution in [0.1, 0.15) is 11.1 Å². The molecule has 2 heterocycles. The Bertz CT molecular complexity index is 3160. The molecular formula is C50H30N4. The molecule has 0 amide bonds. The summed E-state index contributed by atoms with van der Waals surface area (Å²) in [7, 11) is 0. The highest BCUT2D eigenvalue weighted by atomic mass is 15.0. The highest BCUT2D eigenvalue weighted by molar-refractivity contribution is 6.26. The van der Waals surface area contributed by atoms with Crippen molar-refractivity contribution >= 4 is 43.6 Å². The molecule has 0 aliphatic heterocycles. The van der Waals surface area contributed by atoms with Gasteiger partial charge in [-0.1, -0.05) is 127 Å². The fourth-order valence-corrected chi connectivity index (χ4v) is 8.26. The molecule has 8 aromatic carbocycles. The second-order valence-corrected chi connectivity index (χ2v) is 13.5. The van der Waals surface area contributed by atoms with E-state index in [0.717, 1.165) is 66.8 Å². The van der Waals surface area contributed by atoms with Gasteiger partial charge >= 0.3 is 0 Å². The van der Waals surface area contributed by atoms with Crippen molar-refractivity contribution < 1.29 is 0 Å². The van der Waals surface area contributed by atoms with Gasteiger partial charge < -0.3 is 9.13 Å². The molecule has 10 aromatic rings. The van der Waals surface area contributed by atoms with Crippen LogP contribution < -0.4 is 0 Å². The fourth-order valence-electron chi connectivity index (χ4n) is 8.26. The van der Waals surface area contributed by atoms with Crippen LogP contribution in [-0.4, -0.2) is 9.13 Å². The van der Waals surface area contributed by atoms with Crippen LogP contribution >= 0.6 is 0 Å². The maximum absolute atomic E-state index is 10.4. The van der Waals surface area contributed by atoms with E-state index in [1.54, 1.807) is 12.1 Å². The lowest BCUT2D eigenvalue weighted by molar-refractivity contribution is 1.17. The molecule has 0 bridgehead atoms. The van der Waals surface area contributed by atoms with Crippen molar-refractivity contribution in [1.82, 2.24) is 9.13 Å². The minimum atomic E-state index is 0.459. The number of fused-ring (bicyclic) bond motifs is 7. The van der Waals surface area contributed by atoms with Crippen molar-refractivity contribution in [2.75, 3.05) is 0 Å². The number of aromatic nitrogens is 2. The normalized spacial score (nSPS) is 11.3. The van der Waals surface area contributed by atoms with E-state index in [-0.39, 0.29) is 0 Å². The molecule has 0 saturated carbocycles. The van der Waals surface area contributed by atoms with Crippen LogP contribution in [0.4, 0.5) is 0 Å². The smallest absolute Gasteiger partial charge is 0.0998 e. The van der Waals surface area contributed by atoms with Crippen LogP contribution in [0.2, 0.25) is 0 Å². The van der Waals surface area contributed by atoms with Crippen molar-refractivity contribution in [3.8, 4) is 56.9 Å². The Morgan fingerprint density at radius 2 is 1.00 bits per heavy atom. The number of para-hydroxylation sites is 3. The van der Waals surface area contributed by atoms with Crippen LogP contribution in [0.3, 0.4) is 0 Å². The number of hydrogen-bond donors (Lipinski definition) is 0. The molecule has 0 atom stereocenters. The summed E-state index contributed by atoms with van der Waals surface area (Å²) in [6.07, 6.45) is 0. The van der Waals surface area contributed by atoms with E-state index in [2.05, 4.69) is 173 Å². The van der Waals surface area contributed by atoms with Crippen molar-refractivity contribution in [2.45, 2.75) is 0 Å². The van der Waals surface area contributed by atoms with Gasteiger partial charge in [0, 0.05) is 38.4 Å². The molecule has 4 heteroatoms. The lowest BCUT2D eigenvalue weighted by Gasteiger charge is -2.21. The van der Waals surface area contributed by atoms with E-state index in [9.17, 15) is 10.5 Å². The predicted octanol–water partition coefficient (Wildman–Crippen LogP) is 12.6. The first-order valence-electron chi connectivity index (χ1n) is 18.0. The number of rotatable bonds is 5. The molecule has 0 aliphatic carbocycles. The molecular weight excluding hydrogens is 657 g/mol. The van der Waals surface area contributed by atoms with Crippen molar-refractivity contribution in [3.63, 3.8) is 0 Å². The molecule has 4 nitrogen and oxygen atoms in total. The van der Waals surface area contributed by atoms with Gasteiger partial charge in [-0.2, -0.15) is 10.5 Å². The van der Waals surface area contributed by atoms with E-state index in [1.807, 2.05) is 18.2 Å². The maximum atomic E-state index is 10.4. The van der Waals surface area contributed by atoms with E-state index in [0.29, 0.717) is 11.1 Å². The van der Waals surface area contributed by atoms with Gasteiger partial charge in [0.2, 0.25) is 0 Å². The summed E-state index contributed by atoms with van der Waals surface area (Å²) in [4.78, 5) is 0. The van der Waals surface area contributed by atoms with Crippen LogP contribution in [0, 0.1) is 22.7 Å². The van der Waals surface area contributed by atoms with Gasteiger partial charge in [-0.05, 0) is 76.9 Å². The fraction of sp³-hybridized carbons (Fsp3) is 0. The number of benzene rings is 8. The van der Waals surface area contributed by atoms with Crippen molar-refractivity contribution in [3.05, 3.63) is 193 Å². The first-order valence-corrected chi connectivity index (χ1v) is 18.0. The van der Waals surface area contributed by atoms with Crippen molar-refractivity contribution in [2.24, 2.45) is 0 Å². The third-order valence-electron chi connectivity index (χ3n) is 10.6. The highest BCUT2D eigenvalue weighted by Crippen LogP contribution is 2.46. The molecule has 2 aromatic heterocycles. The Hall–Kier alpha value is -7.66.